The van der Waals surface area contributed by atoms with Crippen molar-refractivity contribution in [2.24, 2.45) is 0 Å². The van der Waals surface area contributed by atoms with Crippen LogP contribution in [0.1, 0.15) is 5.56 Å². The monoisotopic (exact) mass is 199 g/mol. The van der Waals surface area contributed by atoms with Crippen LogP contribution in [0.5, 0.6) is 11.5 Å². The van der Waals surface area contributed by atoms with Crippen molar-refractivity contribution in [3.05, 3.63) is 23.3 Å². The van der Waals surface area contributed by atoms with Gasteiger partial charge in [0, 0.05) is 5.56 Å². The average Bonchev–Trinajstić information content (AvgIpc) is 2.16. The summed E-state index contributed by atoms with van der Waals surface area (Å²) in [5.41, 5.74) is -0.139. The first-order chi connectivity index (χ1) is 6.61. The second kappa shape index (κ2) is 3.92. The number of hydrogen-bond donors (Lipinski definition) is 1. The molecule has 0 heterocycles. The molecule has 0 atom stereocenters. The summed E-state index contributed by atoms with van der Waals surface area (Å²) in [4.78, 5) is 0. The Morgan fingerprint density at radius 2 is 2.21 bits per heavy atom. The van der Waals surface area contributed by atoms with E-state index in [9.17, 15) is 8.78 Å². The topological polar surface area (TPSA) is 53.2 Å². The van der Waals surface area contributed by atoms with Crippen LogP contribution in [0, 0.1) is 23.0 Å². The van der Waals surface area contributed by atoms with Crippen LogP contribution in [0.3, 0.4) is 0 Å². The second-order valence-corrected chi connectivity index (χ2v) is 2.55. The van der Waals surface area contributed by atoms with Gasteiger partial charge in [0.15, 0.2) is 23.1 Å². The molecule has 0 fully saturated rings. The number of rotatable bonds is 2. The number of benzene rings is 1. The summed E-state index contributed by atoms with van der Waals surface area (Å²) in [6, 6.07) is 2.45. The zero-order valence-electron chi connectivity index (χ0n) is 7.34. The molecule has 0 spiro atoms. The van der Waals surface area contributed by atoms with Crippen molar-refractivity contribution >= 4 is 0 Å². The predicted octanol–water partition coefficient (Wildman–Crippen LogP) is 1.75. The van der Waals surface area contributed by atoms with Gasteiger partial charge in [-0.05, 0) is 6.07 Å². The number of ether oxygens (including phenoxy) is 1. The largest absolute Gasteiger partial charge is 0.502 e. The third-order valence-electron chi connectivity index (χ3n) is 1.70. The molecular weight excluding hydrogens is 192 g/mol. The zero-order chi connectivity index (χ0) is 10.7. The molecule has 1 N–H and O–H groups in total. The molecule has 1 aromatic rings. The highest BCUT2D eigenvalue weighted by Gasteiger charge is 2.18. The highest BCUT2D eigenvalue weighted by atomic mass is 19.1. The lowest BCUT2D eigenvalue weighted by atomic mass is 10.1. The number of hydrogen-bond acceptors (Lipinski definition) is 3. The third kappa shape index (κ3) is 1.59. The molecule has 0 aliphatic heterocycles. The lowest BCUT2D eigenvalue weighted by molar-refractivity contribution is 0.335. The van der Waals surface area contributed by atoms with Crippen molar-refractivity contribution in [3.8, 4) is 17.6 Å². The van der Waals surface area contributed by atoms with Gasteiger partial charge in [0.2, 0.25) is 0 Å². The molecule has 0 bridgehead atoms. The summed E-state index contributed by atoms with van der Waals surface area (Å²) < 4.78 is 30.7. The summed E-state index contributed by atoms with van der Waals surface area (Å²) in [6.45, 7) is 0. The number of nitrogens with zero attached hydrogens (tertiary/aromatic N) is 1. The van der Waals surface area contributed by atoms with Crippen molar-refractivity contribution in [2.45, 2.75) is 6.42 Å². The van der Waals surface area contributed by atoms with Crippen LogP contribution in [-0.2, 0) is 6.42 Å². The van der Waals surface area contributed by atoms with E-state index in [4.69, 9.17) is 10.4 Å². The van der Waals surface area contributed by atoms with Crippen LogP contribution >= 0.6 is 0 Å². The van der Waals surface area contributed by atoms with Gasteiger partial charge in [-0.2, -0.15) is 5.26 Å². The Hall–Kier alpha value is -1.83. The van der Waals surface area contributed by atoms with Crippen molar-refractivity contribution < 1.29 is 18.6 Å². The quantitative estimate of drug-likeness (QED) is 0.789. The smallest absolute Gasteiger partial charge is 0.200 e. The van der Waals surface area contributed by atoms with Gasteiger partial charge in [0.25, 0.3) is 0 Å². The van der Waals surface area contributed by atoms with Gasteiger partial charge in [0.05, 0.1) is 19.6 Å². The standard InChI is InChI=1S/C9H7F2NO2/c1-14-9-7(11)5(2-3-12)4-6(10)8(9)13/h4,13H,2H2,1H3. The fourth-order valence-corrected chi connectivity index (χ4v) is 1.04. The van der Waals surface area contributed by atoms with E-state index in [1.165, 1.54) is 0 Å². The van der Waals surface area contributed by atoms with E-state index < -0.39 is 23.1 Å². The van der Waals surface area contributed by atoms with Crippen molar-refractivity contribution in [1.29, 1.82) is 5.26 Å². The lowest BCUT2D eigenvalue weighted by Gasteiger charge is -2.07. The first-order valence-corrected chi connectivity index (χ1v) is 3.72. The fourth-order valence-electron chi connectivity index (χ4n) is 1.04. The van der Waals surface area contributed by atoms with E-state index in [0.717, 1.165) is 13.2 Å². The van der Waals surface area contributed by atoms with E-state index in [-0.39, 0.29) is 12.0 Å². The molecule has 1 rings (SSSR count). The van der Waals surface area contributed by atoms with Crippen molar-refractivity contribution in [3.63, 3.8) is 0 Å². The van der Waals surface area contributed by atoms with E-state index in [1.807, 2.05) is 0 Å². The third-order valence-corrected chi connectivity index (χ3v) is 1.70. The summed E-state index contributed by atoms with van der Waals surface area (Å²) in [7, 11) is 1.10. The van der Waals surface area contributed by atoms with Gasteiger partial charge in [0.1, 0.15) is 0 Å². The maximum absolute atomic E-state index is 13.3. The van der Waals surface area contributed by atoms with Crippen LogP contribution < -0.4 is 4.74 Å². The summed E-state index contributed by atoms with van der Waals surface area (Å²) in [5.74, 6) is -3.37. The van der Waals surface area contributed by atoms with Gasteiger partial charge in [-0.15, -0.1) is 0 Å². The summed E-state index contributed by atoms with van der Waals surface area (Å²) >= 11 is 0. The molecule has 0 saturated heterocycles. The normalized spacial score (nSPS) is 9.57. The second-order valence-electron chi connectivity index (χ2n) is 2.55. The number of halogens is 2. The maximum Gasteiger partial charge on any atom is 0.200 e. The first kappa shape index (κ1) is 10.3. The number of methoxy groups -OCH3 is 1. The number of aromatic hydroxyl groups is 1. The molecule has 3 nitrogen and oxygen atoms in total. The Bertz CT molecular complexity index is 399. The number of nitriles is 1. The van der Waals surface area contributed by atoms with Gasteiger partial charge in [-0.3, -0.25) is 0 Å². The minimum Gasteiger partial charge on any atom is -0.502 e. The molecule has 0 amide bonds. The highest BCUT2D eigenvalue weighted by molar-refractivity contribution is 5.45. The molecule has 74 valence electrons. The predicted molar refractivity (Wildman–Crippen MR) is 43.9 cm³/mol. The Labute approximate surface area is 79.2 Å². The number of phenols is 1. The molecule has 0 unspecified atom stereocenters. The molecule has 0 aliphatic carbocycles. The molecule has 0 aliphatic rings. The minimum atomic E-state index is -1.01. The summed E-state index contributed by atoms with van der Waals surface area (Å²) in [6.07, 6.45) is -0.278. The highest BCUT2D eigenvalue weighted by Crippen LogP contribution is 2.33. The molecule has 1 aromatic carbocycles. The maximum atomic E-state index is 13.3. The average molecular weight is 199 g/mol. The van der Waals surface area contributed by atoms with Gasteiger partial charge in [-0.1, -0.05) is 0 Å². The van der Waals surface area contributed by atoms with E-state index in [1.54, 1.807) is 6.07 Å². The van der Waals surface area contributed by atoms with Gasteiger partial charge >= 0.3 is 0 Å². The molecule has 0 saturated carbocycles. The molecular formula is C9H7F2NO2. The van der Waals surface area contributed by atoms with E-state index >= 15 is 0 Å². The van der Waals surface area contributed by atoms with Gasteiger partial charge in [-0.25, -0.2) is 8.78 Å². The Balaban J connectivity index is 3.36. The van der Waals surface area contributed by atoms with E-state index in [2.05, 4.69) is 4.74 Å². The molecule has 0 aromatic heterocycles. The van der Waals surface area contributed by atoms with Crippen LogP contribution in [0.25, 0.3) is 0 Å². The Morgan fingerprint density at radius 3 is 2.71 bits per heavy atom. The van der Waals surface area contributed by atoms with Crippen molar-refractivity contribution in [2.75, 3.05) is 7.11 Å². The van der Waals surface area contributed by atoms with E-state index in [0.29, 0.717) is 0 Å². The Morgan fingerprint density at radius 1 is 1.57 bits per heavy atom. The molecule has 5 heteroatoms. The van der Waals surface area contributed by atoms with Crippen LogP contribution in [-0.4, -0.2) is 12.2 Å². The van der Waals surface area contributed by atoms with Crippen LogP contribution in [0.2, 0.25) is 0 Å². The van der Waals surface area contributed by atoms with Crippen molar-refractivity contribution in [1.82, 2.24) is 0 Å². The van der Waals surface area contributed by atoms with Crippen LogP contribution in [0.15, 0.2) is 6.07 Å². The fraction of sp³-hybridized carbons (Fsp3) is 0.222. The molecule has 14 heavy (non-hydrogen) atoms. The first-order valence-electron chi connectivity index (χ1n) is 3.72. The van der Waals surface area contributed by atoms with Crippen LogP contribution in [0.4, 0.5) is 8.78 Å². The zero-order valence-corrected chi connectivity index (χ0v) is 7.34. The molecule has 0 radical (unpaired) electrons. The Kier molecular flexibility index (Phi) is 2.87. The lowest BCUT2D eigenvalue weighted by Crippen LogP contribution is -1.97. The minimum absolute atomic E-state index is 0.139. The van der Waals surface area contributed by atoms with Gasteiger partial charge < -0.3 is 9.84 Å². The SMILES string of the molecule is COc1c(O)c(F)cc(CC#N)c1F. The number of phenolic OH excluding ortho intramolecular Hbond substituents is 1. The summed E-state index contributed by atoms with van der Waals surface area (Å²) in [5, 5.41) is 17.4.